The number of carbonyl (C=O) groups is 1. The largest absolute Gasteiger partial charge is 0.372 e. The minimum Gasteiger partial charge on any atom is -0.372 e. The van der Waals surface area contributed by atoms with Crippen LogP contribution in [-0.2, 0) is 4.79 Å². The fraction of sp³-hybridized carbons (Fsp3) is 0.417. The van der Waals surface area contributed by atoms with Gasteiger partial charge in [0.25, 0.3) is 0 Å². The Hall–Kier alpha value is -2.60. The smallest absolute Gasteiger partial charge is 0.227 e. The van der Waals surface area contributed by atoms with Crippen LogP contribution in [0.2, 0.25) is 0 Å². The fourth-order valence-corrected chi connectivity index (χ4v) is 4.51. The monoisotopic (exact) mass is 422 g/mol. The van der Waals surface area contributed by atoms with Crippen molar-refractivity contribution in [3.05, 3.63) is 54.1 Å². The Morgan fingerprint density at radius 1 is 0.900 bits per heavy atom. The van der Waals surface area contributed by atoms with Crippen molar-refractivity contribution in [1.29, 1.82) is 0 Å². The molecule has 5 nitrogen and oxygen atoms in total. The van der Waals surface area contributed by atoms with Gasteiger partial charge in [-0.25, -0.2) is 0 Å². The quantitative estimate of drug-likeness (QED) is 0.675. The Labute approximate surface area is 184 Å². The summed E-state index contributed by atoms with van der Waals surface area (Å²) in [5, 5.41) is 7.20. The maximum Gasteiger partial charge on any atom is 0.227 e. The van der Waals surface area contributed by atoms with E-state index in [1.165, 1.54) is 30.5 Å². The van der Waals surface area contributed by atoms with E-state index in [9.17, 15) is 4.79 Å². The standard InChI is InChI=1S/C24H30N4OS/c1-18(19-7-11-21(12-8-19)27-15-3-2-4-16-27)25-24(30)26-20-9-13-22(14-10-20)28-17-5-6-23(28)29/h7-14,18H,2-6,15-17H2,1H3,(H2,25,26,30). The molecule has 0 spiro atoms. The third-order valence-electron chi connectivity index (χ3n) is 5.97. The lowest BCUT2D eigenvalue weighted by atomic mass is 10.1. The second-order valence-corrected chi connectivity index (χ2v) is 8.56. The SMILES string of the molecule is CC(NC(=S)Nc1ccc(N2CCCC2=O)cc1)c1ccc(N2CCCCC2)cc1. The first-order valence-corrected chi connectivity index (χ1v) is 11.3. The van der Waals surface area contributed by atoms with Gasteiger partial charge in [0, 0.05) is 43.1 Å². The van der Waals surface area contributed by atoms with Crippen molar-refractivity contribution in [3.63, 3.8) is 0 Å². The Bertz CT molecular complexity index is 875. The highest BCUT2D eigenvalue weighted by Gasteiger charge is 2.21. The van der Waals surface area contributed by atoms with E-state index in [-0.39, 0.29) is 11.9 Å². The molecule has 2 aliphatic heterocycles. The van der Waals surface area contributed by atoms with Crippen molar-refractivity contribution in [1.82, 2.24) is 5.32 Å². The van der Waals surface area contributed by atoms with E-state index in [0.717, 1.165) is 37.4 Å². The maximum absolute atomic E-state index is 11.9. The predicted molar refractivity (Wildman–Crippen MR) is 128 cm³/mol. The van der Waals surface area contributed by atoms with E-state index in [0.29, 0.717) is 11.5 Å². The minimum absolute atomic E-state index is 0.113. The second kappa shape index (κ2) is 9.47. The summed E-state index contributed by atoms with van der Waals surface area (Å²) in [7, 11) is 0. The van der Waals surface area contributed by atoms with Crippen LogP contribution in [0.25, 0.3) is 0 Å². The van der Waals surface area contributed by atoms with E-state index >= 15 is 0 Å². The Morgan fingerprint density at radius 3 is 2.20 bits per heavy atom. The van der Waals surface area contributed by atoms with Crippen LogP contribution in [0.3, 0.4) is 0 Å². The number of anilines is 3. The molecule has 2 aliphatic rings. The van der Waals surface area contributed by atoms with Crippen molar-refractivity contribution >= 4 is 40.3 Å². The number of hydrogen-bond donors (Lipinski definition) is 2. The number of nitrogens with one attached hydrogen (secondary N) is 2. The van der Waals surface area contributed by atoms with Crippen molar-refractivity contribution in [2.75, 3.05) is 34.8 Å². The van der Waals surface area contributed by atoms with Gasteiger partial charge in [0.1, 0.15) is 0 Å². The second-order valence-electron chi connectivity index (χ2n) is 8.16. The topological polar surface area (TPSA) is 47.6 Å². The number of benzene rings is 2. The summed E-state index contributed by atoms with van der Waals surface area (Å²) in [6.45, 7) is 5.24. The first kappa shape index (κ1) is 20.7. The maximum atomic E-state index is 11.9. The van der Waals surface area contributed by atoms with E-state index in [4.69, 9.17) is 12.2 Å². The van der Waals surface area contributed by atoms with Gasteiger partial charge in [-0.1, -0.05) is 12.1 Å². The van der Waals surface area contributed by atoms with Crippen molar-refractivity contribution in [2.45, 2.75) is 45.1 Å². The van der Waals surface area contributed by atoms with Gasteiger partial charge in [-0.3, -0.25) is 4.79 Å². The summed E-state index contributed by atoms with van der Waals surface area (Å²) in [5.74, 6) is 0.202. The molecule has 2 aromatic carbocycles. The highest BCUT2D eigenvalue weighted by Crippen LogP contribution is 2.24. The van der Waals surface area contributed by atoms with Gasteiger partial charge < -0.3 is 20.4 Å². The minimum atomic E-state index is 0.113. The lowest BCUT2D eigenvalue weighted by Crippen LogP contribution is -2.31. The number of amides is 1. The number of thiocarbonyl (C=S) groups is 1. The molecule has 1 amide bonds. The third-order valence-corrected chi connectivity index (χ3v) is 6.19. The highest BCUT2D eigenvalue weighted by atomic mass is 32.1. The van der Waals surface area contributed by atoms with Crippen LogP contribution in [0.4, 0.5) is 17.1 Å². The molecule has 0 bridgehead atoms. The van der Waals surface area contributed by atoms with E-state index in [1.807, 2.05) is 29.2 Å². The molecule has 2 N–H and O–H groups in total. The van der Waals surface area contributed by atoms with Gasteiger partial charge in [0.05, 0.1) is 6.04 Å². The van der Waals surface area contributed by atoms with Crippen molar-refractivity contribution in [3.8, 4) is 0 Å². The Balaban J connectivity index is 1.30. The zero-order chi connectivity index (χ0) is 20.9. The van der Waals surface area contributed by atoms with E-state index in [2.05, 4.69) is 46.7 Å². The highest BCUT2D eigenvalue weighted by molar-refractivity contribution is 7.80. The normalized spacial score (nSPS) is 17.7. The van der Waals surface area contributed by atoms with Crippen LogP contribution in [0, 0.1) is 0 Å². The Morgan fingerprint density at radius 2 is 1.57 bits per heavy atom. The molecule has 2 saturated heterocycles. The number of nitrogens with zero attached hydrogens (tertiary/aromatic N) is 2. The van der Waals surface area contributed by atoms with Crippen LogP contribution < -0.4 is 20.4 Å². The van der Waals surface area contributed by atoms with Crippen molar-refractivity contribution in [2.24, 2.45) is 0 Å². The van der Waals surface area contributed by atoms with Gasteiger partial charge in [0.2, 0.25) is 5.91 Å². The summed E-state index contributed by atoms with van der Waals surface area (Å²) >= 11 is 5.50. The van der Waals surface area contributed by atoms with E-state index < -0.39 is 0 Å². The number of hydrogen-bond acceptors (Lipinski definition) is 3. The first-order chi connectivity index (χ1) is 14.6. The summed E-state index contributed by atoms with van der Waals surface area (Å²) in [5.41, 5.74) is 4.38. The Kier molecular flexibility index (Phi) is 6.53. The fourth-order valence-electron chi connectivity index (χ4n) is 4.22. The van der Waals surface area contributed by atoms with Crippen molar-refractivity contribution < 1.29 is 4.79 Å². The molecule has 2 aromatic rings. The molecule has 0 saturated carbocycles. The van der Waals surface area contributed by atoms with Crippen LogP contribution in [0.5, 0.6) is 0 Å². The predicted octanol–water partition coefficient (Wildman–Crippen LogP) is 4.85. The molecule has 0 radical (unpaired) electrons. The summed E-state index contributed by atoms with van der Waals surface area (Å²) in [4.78, 5) is 16.2. The van der Waals surface area contributed by atoms with Gasteiger partial charge >= 0.3 is 0 Å². The molecule has 0 aromatic heterocycles. The molecule has 0 aliphatic carbocycles. The zero-order valence-corrected chi connectivity index (χ0v) is 18.4. The number of rotatable bonds is 5. The summed E-state index contributed by atoms with van der Waals surface area (Å²) in [6, 6.07) is 16.8. The molecule has 2 heterocycles. The molecule has 6 heteroatoms. The molecule has 30 heavy (non-hydrogen) atoms. The van der Waals surface area contributed by atoms with Gasteiger partial charge in [-0.05, 0) is 86.8 Å². The molecule has 1 atom stereocenters. The van der Waals surface area contributed by atoms with E-state index in [1.54, 1.807) is 0 Å². The molecular weight excluding hydrogens is 392 g/mol. The lowest BCUT2D eigenvalue weighted by molar-refractivity contribution is -0.117. The van der Waals surface area contributed by atoms with Crippen LogP contribution in [0.1, 0.15) is 50.6 Å². The van der Waals surface area contributed by atoms with Crippen LogP contribution >= 0.6 is 12.2 Å². The average molecular weight is 423 g/mol. The summed E-state index contributed by atoms with van der Waals surface area (Å²) in [6.07, 6.45) is 5.50. The molecule has 2 fully saturated rings. The average Bonchev–Trinajstić information content (AvgIpc) is 3.21. The molecule has 158 valence electrons. The van der Waals surface area contributed by atoms with Gasteiger partial charge in [0.15, 0.2) is 5.11 Å². The lowest BCUT2D eigenvalue weighted by Gasteiger charge is -2.29. The zero-order valence-electron chi connectivity index (χ0n) is 17.6. The molecular formula is C24H30N4OS. The molecule has 4 rings (SSSR count). The van der Waals surface area contributed by atoms with Gasteiger partial charge in [-0.15, -0.1) is 0 Å². The van der Waals surface area contributed by atoms with Gasteiger partial charge in [-0.2, -0.15) is 0 Å². The third kappa shape index (κ3) is 4.93. The molecule has 1 unspecified atom stereocenters. The number of piperidine rings is 1. The first-order valence-electron chi connectivity index (χ1n) is 10.9. The van der Waals surface area contributed by atoms with Crippen LogP contribution in [-0.4, -0.2) is 30.7 Å². The number of carbonyl (C=O) groups excluding carboxylic acids is 1. The summed E-state index contributed by atoms with van der Waals surface area (Å²) < 4.78 is 0. The van der Waals surface area contributed by atoms with Crippen LogP contribution in [0.15, 0.2) is 48.5 Å².